The van der Waals surface area contributed by atoms with Crippen LogP contribution in [0.3, 0.4) is 0 Å². The summed E-state index contributed by atoms with van der Waals surface area (Å²) in [6.07, 6.45) is 2.12. The van der Waals surface area contributed by atoms with Crippen molar-refractivity contribution < 1.29 is 13.6 Å². The lowest BCUT2D eigenvalue weighted by Crippen LogP contribution is -2.70. The summed E-state index contributed by atoms with van der Waals surface area (Å²) in [5.41, 5.74) is 10.8. The molecule has 20 heavy (non-hydrogen) atoms. The molecule has 3 saturated carbocycles. The van der Waals surface area contributed by atoms with E-state index in [2.05, 4.69) is 5.32 Å². The molecule has 2 atom stereocenters. The molecule has 5 N–H and O–H groups in total. The number of alkyl halides is 2. The fourth-order valence-electron chi connectivity index (χ4n) is 4.29. The maximum Gasteiger partial charge on any atom is 0.241 e. The van der Waals surface area contributed by atoms with E-state index < -0.39 is 17.9 Å². The Kier molecular flexibility index (Phi) is 3.29. The second-order valence-electron chi connectivity index (χ2n) is 6.94. The van der Waals surface area contributed by atoms with Crippen molar-refractivity contribution in [3.8, 4) is 0 Å². The molecule has 3 rings (SSSR count). The average molecular weight is 287 g/mol. The zero-order chi connectivity index (χ0) is 14.5. The predicted molar refractivity (Wildman–Crippen MR) is 71.0 cm³/mol. The zero-order valence-electron chi connectivity index (χ0n) is 11.6. The van der Waals surface area contributed by atoms with E-state index in [0.717, 1.165) is 19.3 Å². The van der Waals surface area contributed by atoms with Crippen LogP contribution >= 0.6 is 0 Å². The summed E-state index contributed by atoms with van der Waals surface area (Å²) in [4.78, 5) is 12.2. The Hall–Kier alpha value is -0.750. The number of hydrogen-bond acceptors (Lipinski definition) is 3. The fourth-order valence-corrected chi connectivity index (χ4v) is 4.29. The topological polar surface area (TPSA) is 81.1 Å². The summed E-state index contributed by atoms with van der Waals surface area (Å²) < 4.78 is 25.0. The monoisotopic (exact) mass is 287 g/mol. The maximum atomic E-state index is 12.5. The summed E-state index contributed by atoms with van der Waals surface area (Å²) in [7, 11) is 0. The van der Waals surface area contributed by atoms with E-state index in [1.807, 2.05) is 0 Å². The van der Waals surface area contributed by atoms with Crippen molar-refractivity contribution in [2.45, 2.75) is 56.5 Å². The lowest BCUT2D eigenvalue weighted by atomic mass is 9.47. The first-order valence-corrected chi connectivity index (χ1v) is 7.49. The molecule has 0 aliphatic heterocycles. The van der Waals surface area contributed by atoms with Crippen molar-refractivity contribution in [2.75, 3.05) is 6.54 Å². The van der Waals surface area contributed by atoms with Crippen LogP contribution in [-0.4, -0.2) is 30.5 Å². The van der Waals surface area contributed by atoms with Gasteiger partial charge in [0.15, 0.2) is 0 Å². The second-order valence-corrected chi connectivity index (χ2v) is 6.94. The molecule has 0 bridgehead atoms. The third-order valence-electron chi connectivity index (χ3n) is 5.96. The predicted octanol–water partition coefficient (Wildman–Crippen LogP) is 0.993. The molecule has 0 radical (unpaired) electrons. The largest absolute Gasteiger partial charge is 0.351 e. The SMILES string of the molecule is NCC1CC(NC(=O)C2(N)CC(C(F)F)C2)C12CCC2. The minimum absolute atomic E-state index is 0.0938. The van der Waals surface area contributed by atoms with Gasteiger partial charge in [-0.25, -0.2) is 8.78 Å². The van der Waals surface area contributed by atoms with E-state index in [-0.39, 0.29) is 30.2 Å². The Balaban J connectivity index is 1.56. The Morgan fingerprint density at radius 3 is 2.45 bits per heavy atom. The molecule has 0 aromatic heterocycles. The normalized spacial score (nSPS) is 41.8. The molecule has 0 heterocycles. The lowest BCUT2D eigenvalue weighted by Gasteiger charge is -2.62. The third-order valence-corrected chi connectivity index (χ3v) is 5.96. The number of nitrogens with two attached hydrogens (primary N) is 2. The lowest BCUT2D eigenvalue weighted by molar-refractivity contribution is -0.144. The van der Waals surface area contributed by atoms with Crippen LogP contribution in [0, 0.1) is 17.3 Å². The van der Waals surface area contributed by atoms with E-state index >= 15 is 0 Å². The second kappa shape index (κ2) is 4.63. The highest BCUT2D eigenvalue weighted by atomic mass is 19.3. The van der Waals surface area contributed by atoms with Gasteiger partial charge in [-0.15, -0.1) is 0 Å². The highest BCUT2D eigenvalue weighted by Crippen LogP contribution is 2.59. The molecule has 114 valence electrons. The Morgan fingerprint density at radius 1 is 1.35 bits per heavy atom. The first kappa shape index (κ1) is 14.2. The minimum Gasteiger partial charge on any atom is -0.351 e. The number of carbonyl (C=O) groups is 1. The molecule has 0 saturated heterocycles. The van der Waals surface area contributed by atoms with Gasteiger partial charge in [0.2, 0.25) is 12.3 Å². The Morgan fingerprint density at radius 2 is 2.00 bits per heavy atom. The summed E-state index contributed by atoms with van der Waals surface area (Å²) in [6, 6.07) is 0.142. The zero-order valence-corrected chi connectivity index (χ0v) is 11.6. The minimum atomic E-state index is -2.37. The van der Waals surface area contributed by atoms with Gasteiger partial charge in [0.05, 0.1) is 5.54 Å². The van der Waals surface area contributed by atoms with Gasteiger partial charge in [-0.3, -0.25) is 4.79 Å². The van der Waals surface area contributed by atoms with Gasteiger partial charge in [0, 0.05) is 12.0 Å². The maximum absolute atomic E-state index is 12.5. The van der Waals surface area contributed by atoms with Gasteiger partial charge >= 0.3 is 0 Å². The molecule has 6 heteroatoms. The molecule has 3 fully saturated rings. The summed E-state index contributed by atoms with van der Waals surface area (Å²) >= 11 is 0. The Labute approximate surface area is 117 Å². The van der Waals surface area contributed by atoms with Gasteiger partial charge in [0.25, 0.3) is 0 Å². The summed E-state index contributed by atoms with van der Waals surface area (Å²) in [5.74, 6) is -0.479. The van der Waals surface area contributed by atoms with Crippen LogP contribution in [0.15, 0.2) is 0 Å². The van der Waals surface area contributed by atoms with E-state index in [1.54, 1.807) is 0 Å². The van der Waals surface area contributed by atoms with Crippen molar-refractivity contribution in [1.82, 2.24) is 5.32 Å². The molecule has 2 unspecified atom stereocenters. The van der Waals surface area contributed by atoms with Crippen molar-refractivity contribution >= 4 is 5.91 Å². The molecular formula is C14H23F2N3O. The first-order chi connectivity index (χ1) is 9.41. The van der Waals surface area contributed by atoms with Crippen molar-refractivity contribution in [2.24, 2.45) is 28.7 Å². The third kappa shape index (κ3) is 1.88. The summed E-state index contributed by atoms with van der Waals surface area (Å²) in [5, 5.41) is 3.01. The highest BCUT2D eigenvalue weighted by Gasteiger charge is 2.59. The number of amides is 1. The quantitative estimate of drug-likeness (QED) is 0.721. The van der Waals surface area contributed by atoms with Gasteiger partial charge in [-0.1, -0.05) is 6.42 Å². The summed E-state index contributed by atoms with van der Waals surface area (Å²) in [6.45, 7) is 0.660. The van der Waals surface area contributed by atoms with Gasteiger partial charge in [-0.05, 0) is 50.0 Å². The van der Waals surface area contributed by atoms with Crippen LogP contribution in [0.25, 0.3) is 0 Å². The standard InChI is InChI=1S/C14H23F2N3O/c15-11(16)8-5-14(18,6-8)12(20)19-10-4-9(7-17)13(10)2-1-3-13/h8-11H,1-7,17-18H2,(H,19,20). The van der Waals surface area contributed by atoms with Crippen LogP contribution < -0.4 is 16.8 Å². The Bertz CT molecular complexity index is 405. The van der Waals surface area contributed by atoms with Crippen LogP contribution in [0.2, 0.25) is 0 Å². The van der Waals surface area contributed by atoms with Crippen LogP contribution in [0.5, 0.6) is 0 Å². The number of carbonyl (C=O) groups excluding carboxylic acids is 1. The molecule has 0 aromatic rings. The molecule has 1 spiro atoms. The van der Waals surface area contributed by atoms with Gasteiger partial charge in [0.1, 0.15) is 0 Å². The van der Waals surface area contributed by atoms with Crippen molar-refractivity contribution in [3.05, 3.63) is 0 Å². The number of nitrogens with one attached hydrogen (secondary N) is 1. The van der Waals surface area contributed by atoms with Crippen molar-refractivity contribution in [3.63, 3.8) is 0 Å². The van der Waals surface area contributed by atoms with Crippen LogP contribution in [0.4, 0.5) is 8.78 Å². The van der Waals surface area contributed by atoms with E-state index in [9.17, 15) is 13.6 Å². The van der Waals surface area contributed by atoms with Crippen LogP contribution in [-0.2, 0) is 4.79 Å². The van der Waals surface area contributed by atoms with E-state index in [1.165, 1.54) is 6.42 Å². The average Bonchev–Trinajstić information content (AvgIpc) is 2.26. The molecule has 1 amide bonds. The highest BCUT2D eigenvalue weighted by molar-refractivity contribution is 5.87. The van der Waals surface area contributed by atoms with Gasteiger partial charge in [-0.2, -0.15) is 0 Å². The molecule has 0 aromatic carbocycles. The number of rotatable bonds is 4. The molecule has 3 aliphatic carbocycles. The smallest absolute Gasteiger partial charge is 0.241 e. The fraction of sp³-hybridized carbons (Fsp3) is 0.929. The van der Waals surface area contributed by atoms with E-state index in [4.69, 9.17) is 11.5 Å². The van der Waals surface area contributed by atoms with Crippen LogP contribution in [0.1, 0.15) is 38.5 Å². The van der Waals surface area contributed by atoms with Gasteiger partial charge < -0.3 is 16.8 Å². The van der Waals surface area contributed by atoms with Crippen molar-refractivity contribution in [1.29, 1.82) is 0 Å². The molecule has 4 nitrogen and oxygen atoms in total. The number of halogens is 2. The molecule has 3 aliphatic rings. The van der Waals surface area contributed by atoms with E-state index in [0.29, 0.717) is 12.5 Å². The first-order valence-electron chi connectivity index (χ1n) is 7.49. The number of hydrogen-bond donors (Lipinski definition) is 3. The molecular weight excluding hydrogens is 264 g/mol.